The summed E-state index contributed by atoms with van der Waals surface area (Å²) in [6.07, 6.45) is 0.391. The van der Waals surface area contributed by atoms with E-state index in [1.54, 1.807) is 0 Å². The summed E-state index contributed by atoms with van der Waals surface area (Å²) in [4.78, 5) is 20.3. The number of rotatable bonds is 12. The van der Waals surface area contributed by atoms with Gasteiger partial charge in [0.2, 0.25) is 0 Å². The number of carbonyl (C=O) groups is 2. The maximum absolute atomic E-state index is 10.1. The average molecular weight is 266 g/mol. The van der Waals surface area contributed by atoms with E-state index in [0.29, 0.717) is 6.42 Å². The molecule has 0 radical (unpaired) electrons. The molecule has 0 aliphatic rings. The van der Waals surface area contributed by atoms with Gasteiger partial charge in [-0.15, -0.1) is 0 Å². The number of hydrogen-bond acceptors (Lipinski definition) is 6. The van der Waals surface area contributed by atoms with E-state index in [4.69, 9.17) is 24.4 Å². The Morgan fingerprint density at radius 3 is 2.06 bits per heavy atom. The van der Waals surface area contributed by atoms with Gasteiger partial charge in [0.1, 0.15) is 26.8 Å². The molecule has 0 spiro atoms. The molecule has 0 aromatic carbocycles. The van der Waals surface area contributed by atoms with Crippen molar-refractivity contribution in [2.24, 2.45) is 0 Å². The SMILES string of the molecule is CCC(COCOCC(=O)O)OCOCC(=O)O. The minimum Gasteiger partial charge on any atom is -0.480 e. The van der Waals surface area contributed by atoms with Crippen molar-refractivity contribution in [3.05, 3.63) is 0 Å². The zero-order chi connectivity index (χ0) is 13.8. The first-order valence-corrected chi connectivity index (χ1v) is 5.34. The first-order valence-electron chi connectivity index (χ1n) is 5.34. The third-order valence-electron chi connectivity index (χ3n) is 1.76. The van der Waals surface area contributed by atoms with Crippen LogP contribution in [0.15, 0.2) is 0 Å². The molecule has 2 N–H and O–H groups in total. The van der Waals surface area contributed by atoms with Gasteiger partial charge in [0.05, 0.1) is 12.7 Å². The molecule has 0 bridgehead atoms. The van der Waals surface area contributed by atoms with Crippen LogP contribution in [-0.2, 0) is 28.5 Å². The van der Waals surface area contributed by atoms with Gasteiger partial charge >= 0.3 is 11.9 Å². The molecule has 18 heavy (non-hydrogen) atoms. The van der Waals surface area contributed by atoms with Gasteiger partial charge in [-0.1, -0.05) is 6.92 Å². The van der Waals surface area contributed by atoms with Crippen molar-refractivity contribution in [1.82, 2.24) is 0 Å². The monoisotopic (exact) mass is 266 g/mol. The van der Waals surface area contributed by atoms with Gasteiger partial charge in [-0.3, -0.25) is 0 Å². The van der Waals surface area contributed by atoms with Gasteiger partial charge in [-0.2, -0.15) is 0 Å². The van der Waals surface area contributed by atoms with Crippen LogP contribution in [0.3, 0.4) is 0 Å². The van der Waals surface area contributed by atoms with Crippen LogP contribution in [0, 0.1) is 0 Å². The second-order valence-electron chi connectivity index (χ2n) is 3.29. The summed E-state index contributed by atoms with van der Waals surface area (Å²) in [7, 11) is 0. The molecule has 8 heteroatoms. The molecule has 0 aromatic heterocycles. The third-order valence-corrected chi connectivity index (χ3v) is 1.76. The van der Waals surface area contributed by atoms with Gasteiger partial charge in [0, 0.05) is 0 Å². The van der Waals surface area contributed by atoms with Gasteiger partial charge in [0.15, 0.2) is 0 Å². The van der Waals surface area contributed by atoms with Crippen molar-refractivity contribution in [3.8, 4) is 0 Å². The lowest BCUT2D eigenvalue weighted by Crippen LogP contribution is -2.23. The summed E-state index contributed by atoms with van der Waals surface area (Å²) in [6.45, 7) is 0.973. The minimum atomic E-state index is -1.07. The molecule has 0 heterocycles. The predicted molar refractivity (Wildman–Crippen MR) is 58.0 cm³/mol. The van der Waals surface area contributed by atoms with E-state index >= 15 is 0 Å². The molecule has 0 fully saturated rings. The lowest BCUT2D eigenvalue weighted by Gasteiger charge is -2.15. The van der Waals surface area contributed by atoms with Crippen LogP contribution in [-0.4, -0.2) is 61.7 Å². The second kappa shape index (κ2) is 10.9. The van der Waals surface area contributed by atoms with E-state index in [9.17, 15) is 9.59 Å². The van der Waals surface area contributed by atoms with Crippen molar-refractivity contribution >= 4 is 11.9 Å². The summed E-state index contributed by atoms with van der Waals surface area (Å²) in [5, 5.41) is 16.6. The largest absolute Gasteiger partial charge is 0.480 e. The smallest absolute Gasteiger partial charge is 0.329 e. The molecule has 1 unspecified atom stereocenters. The Morgan fingerprint density at radius 1 is 1.00 bits per heavy atom. The highest BCUT2D eigenvalue weighted by Gasteiger charge is 2.07. The van der Waals surface area contributed by atoms with E-state index in [1.165, 1.54) is 0 Å². The van der Waals surface area contributed by atoms with Crippen LogP contribution in [0.25, 0.3) is 0 Å². The van der Waals surface area contributed by atoms with Crippen LogP contribution in [0.5, 0.6) is 0 Å². The lowest BCUT2D eigenvalue weighted by molar-refractivity contribution is -0.161. The quantitative estimate of drug-likeness (QED) is 0.372. The Balaban J connectivity index is 3.46. The van der Waals surface area contributed by atoms with Crippen LogP contribution < -0.4 is 0 Å². The zero-order valence-corrected chi connectivity index (χ0v) is 10.2. The summed E-state index contributed by atoms with van der Waals surface area (Å²) in [5.41, 5.74) is 0. The van der Waals surface area contributed by atoms with Crippen molar-refractivity contribution in [3.63, 3.8) is 0 Å². The number of hydrogen-bond donors (Lipinski definition) is 2. The topological polar surface area (TPSA) is 112 Å². The van der Waals surface area contributed by atoms with Crippen molar-refractivity contribution in [2.75, 3.05) is 33.4 Å². The highest BCUT2D eigenvalue weighted by atomic mass is 16.7. The fourth-order valence-electron chi connectivity index (χ4n) is 0.925. The fourth-order valence-corrected chi connectivity index (χ4v) is 0.925. The van der Waals surface area contributed by atoms with Crippen LogP contribution >= 0.6 is 0 Å². The summed E-state index contributed by atoms with van der Waals surface area (Å²) >= 11 is 0. The molecule has 106 valence electrons. The first kappa shape index (κ1) is 16.8. The fraction of sp³-hybridized carbons (Fsp3) is 0.800. The maximum atomic E-state index is 10.1. The Labute approximate surface area is 104 Å². The maximum Gasteiger partial charge on any atom is 0.329 e. The molecule has 1 atom stereocenters. The molecule has 0 saturated carbocycles. The number of carboxylic acid groups (broad SMARTS) is 2. The van der Waals surface area contributed by atoms with Crippen LogP contribution in [0.4, 0.5) is 0 Å². The molecular formula is C10H18O8. The van der Waals surface area contributed by atoms with E-state index in [0.717, 1.165) is 0 Å². The third kappa shape index (κ3) is 11.3. The Morgan fingerprint density at radius 2 is 1.56 bits per heavy atom. The molecule has 8 nitrogen and oxygen atoms in total. The molecule has 0 aliphatic heterocycles. The van der Waals surface area contributed by atoms with Crippen molar-refractivity contribution in [1.29, 1.82) is 0 Å². The van der Waals surface area contributed by atoms with Gasteiger partial charge < -0.3 is 29.2 Å². The molecule has 0 saturated heterocycles. The molecule has 0 rings (SSSR count). The van der Waals surface area contributed by atoms with Crippen molar-refractivity contribution < 1.29 is 38.7 Å². The Hall–Kier alpha value is -1.22. The van der Waals surface area contributed by atoms with E-state index in [-0.39, 0.29) is 26.3 Å². The number of ether oxygens (including phenoxy) is 4. The lowest BCUT2D eigenvalue weighted by atomic mass is 10.3. The Bertz CT molecular complexity index is 242. The van der Waals surface area contributed by atoms with E-state index in [1.807, 2.05) is 6.92 Å². The number of aliphatic carboxylic acids is 2. The Kier molecular flexibility index (Phi) is 10.2. The van der Waals surface area contributed by atoms with E-state index in [2.05, 4.69) is 4.74 Å². The molecule has 0 aliphatic carbocycles. The average Bonchev–Trinajstić information content (AvgIpc) is 2.30. The minimum absolute atomic E-state index is 0.135. The summed E-state index contributed by atoms with van der Waals surface area (Å²) < 4.78 is 19.6. The van der Waals surface area contributed by atoms with Crippen LogP contribution in [0.1, 0.15) is 13.3 Å². The first-order chi connectivity index (χ1) is 8.56. The normalized spacial score (nSPS) is 12.3. The van der Waals surface area contributed by atoms with Gasteiger partial charge in [0.25, 0.3) is 0 Å². The zero-order valence-electron chi connectivity index (χ0n) is 10.2. The van der Waals surface area contributed by atoms with Gasteiger partial charge in [-0.05, 0) is 6.42 Å². The second-order valence-corrected chi connectivity index (χ2v) is 3.29. The van der Waals surface area contributed by atoms with Crippen molar-refractivity contribution in [2.45, 2.75) is 19.4 Å². The highest BCUT2D eigenvalue weighted by Crippen LogP contribution is 1.99. The van der Waals surface area contributed by atoms with E-state index < -0.39 is 25.2 Å². The van der Waals surface area contributed by atoms with Crippen LogP contribution in [0.2, 0.25) is 0 Å². The summed E-state index contributed by atoms with van der Waals surface area (Å²) in [5.74, 6) is -2.13. The molecule has 0 amide bonds. The molecule has 0 aromatic rings. The predicted octanol–water partition coefficient (Wildman–Crippen LogP) is -0.0844. The van der Waals surface area contributed by atoms with Gasteiger partial charge in [-0.25, -0.2) is 9.59 Å². The number of carboxylic acids is 2. The standard InChI is InChI=1S/C10H18O8/c1-2-8(18-7-17-5-10(13)14)3-15-6-16-4-9(11)12/h8H,2-7H2,1H3,(H,11,12)(H,13,14). The molecular weight excluding hydrogens is 248 g/mol. The highest BCUT2D eigenvalue weighted by molar-refractivity contribution is 5.68. The summed E-state index contributed by atoms with van der Waals surface area (Å²) in [6, 6.07) is 0.